The molecule has 1 saturated heterocycles. The van der Waals surface area contributed by atoms with Crippen molar-refractivity contribution in [3.63, 3.8) is 0 Å². The molecule has 81 heavy (non-hydrogen) atoms. The van der Waals surface area contributed by atoms with E-state index in [1.54, 1.807) is 0 Å². The summed E-state index contributed by atoms with van der Waals surface area (Å²) >= 11 is 0. The molecule has 0 saturated carbocycles. The zero-order chi connectivity index (χ0) is 58.9. The first-order valence-electron chi connectivity index (χ1n) is 32.6. The number of carbonyl (C=O) groups excluding carboxylic acids is 3. The Bertz CT molecular complexity index is 1730. The highest BCUT2D eigenvalue weighted by molar-refractivity contribution is 5.74. The summed E-state index contributed by atoms with van der Waals surface area (Å²) in [6, 6.07) is 0. The van der Waals surface area contributed by atoms with Crippen LogP contribution in [0.3, 0.4) is 0 Å². The van der Waals surface area contributed by atoms with Crippen LogP contribution in [-0.4, -0.2) is 89.2 Å². The third-order valence-electron chi connectivity index (χ3n) is 14.4. The normalized spacial score (nSPS) is 18.3. The second-order valence-corrected chi connectivity index (χ2v) is 22.0. The maximum Gasteiger partial charge on any atom is 0.335 e. The average Bonchev–Trinajstić information content (AvgIpc) is 3.53. The second kappa shape index (κ2) is 56.4. The molecule has 12 heteroatoms. The zero-order valence-corrected chi connectivity index (χ0v) is 51.3. The van der Waals surface area contributed by atoms with Crippen LogP contribution in [0.4, 0.5) is 0 Å². The molecule has 6 atom stereocenters. The van der Waals surface area contributed by atoms with Gasteiger partial charge in [0.05, 0.1) is 6.61 Å². The van der Waals surface area contributed by atoms with Gasteiger partial charge in [-0.1, -0.05) is 234 Å². The Kier molecular flexibility index (Phi) is 52.1. The van der Waals surface area contributed by atoms with Crippen molar-refractivity contribution < 1.29 is 58.2 Å². The Morgan fingerprint density at radius 1 is 0.420 bits per heavy atom. The number of ether oxygens (including phenoxy) is 5. The van der Waals surface area contributed by atoms with Crippen molar-refractivity contribution in [3.05, 3.63) is 85.1 Å². The first-order valence-corrected chi connectivity index (χ1v) is 32.6. The number of carbonyl (C=O) groups is 4. The minimum Gasteiger partial charge on any atom is -0.479 e. The lowest BCUT2D eigenvalue weighted by atomic mass is 9.98. The Balaban J connectivity index is 2.70. The van der Waals surface area contributed by atoms with Gasteiger partial charge < -0.3 is 39.0 Å². The number of allylic oxidation sites excluding steroid dienone is 14. The van der Waals surface area contributed by atoms with E-state index in [4.69, 9.17) is 23.7 Å². The molecule has 0 aliphatic carbocycles. The number of aliphatic carboxylic acids is 1. The van der Waals surface area contributed by atoms with Gasteiger partial charge in [0.1, 0.15) is 18.8 Å². The highest BCUT2D eigenvalue weighted by Gasteiger charge is 2.50. The van der Waals surface area contributed by atoms with E-state index in [9.17, 15) is 34.5 Å². The number of hydrogen-bond acceptors (Lipinski definition) is 11. The fraction of sp³-hybridized carbons (Fsp3) is 0.739. The molecule has 1 aliphatic heterocycles. The van der Waals surface area contributed by atoms with E-state index >= 15 is 0 Å². The van der Waals surface area contributed by atoms with Gasteiger partial charge in [0, 0.05) is 19.3 Å². The van der Waals surface area contributed by atoms with E-state index in [0.717, 1.165) is 89.9 Å². The lowest BCUT2D eigenvalue weighted by molar-refractivity contribution is -0.301. The monoisotopic (exact) mass is 1140 g/mol. The molecular formula is C69H116O12. The van der Waals surface area contributed by atoms with Crippen molar-refractivity contribution in [1.29, 1.82) is 0 Å². The van der Waals surface area contributed by atoms with Gasteiger partial charge in [0.2, 0.25) is 0 Å². The number of rotatable bonds is 55. The predicted octanol–water partition coefficient (Wildman–Crippen LogP) is 17.5. The Labute approximate surface area is 492 Å². The molecule has 0 aromatic rings. The van der Waals surface area contributed by atoms with Gasteiger partial charge in [0.25, 0.3) is 0 Å². The number of aliphatic hydroxyl groups excluding tert-OH is 2. The van der Waals surface area contributed by atoms with Crippen LogP contribution in [0.1, 0.15) is 278 Å². The van der Waals surface area contributed by atoms with Crippen LogP contribution in [-0.2, 0) is 42.9 Å². The summed E-state index contributed by atoms with van der Waals surface area (Å²) in [5, 5.41) is 31.6. The van der Waals surface area contributed by atoms with Crippen molar-refractivity contribution in [1.82, 2.24) is 0 Å². The minimum atomic E-state index is -1.93. The van der Waals surface area contributed by atoms with Crippen LogP contribution < -0.4 is 0 Å². The van der Waals surface area contributed by atoms with E-state index in [1.807, 2.05) is 12.2 Å². The number of carboxylic acids is 1. The lowest BCUT2D eigenvalue weighted by Gasteiger charge is -2.40. The molecule has 1 fully saturated rings. The summed E-state index contributed by atoms with van der Waals surface area (Å²) in [5.41, 5.74) is 0. The topological polar surface area (TPSA) is 175 Å². The fourth-order valence-electron chi connectivity index (χ4n) is 9.45. The standard InChI is InChI=1S/C69H116O12/c1-4-7-10-13-16-19-22-25-28-31-34-37-40-43-46-49-52-55-61(70)77-58-60(79-62(71)56-53-50-47-44-41-38-35-32-29-26-23-20-17-14-11-8-5-2)59-78-69-67(65(74)64(73)66(81-69)68(75)76)80-63(72)57-54-51-48-45-42-39-36-33-30-27-24-21-18-15-12-9-6-3/h9,12,18,21,25-30,36,39,45,48,60,64-67,69,73-74H,4-8,10-11,13-17,19-20,22-24,31-35,37-38,40-44,46-47,49-59H2,1-3H3,(H,75,76)/b12-9-,21-18-,28-25-,29-26-,30-27-,39-36-,48-45-. The van der Waals surface area contributed by atoms with Crippen LogP contribution in [0.5, 0.6) is 0 Å². The molecule has 0 spiro atoms. The summed E-state index contributed by atoms with van der Waals surface area (Å²) in [6.07, 6.45) is 61.2. The van der Waals surface area contributed by atoms with Crippen LogP contribution in [0.2, 0.25) is 0 Å². The highest BCUT2D eigenvalue weighted by atomic mass is 16.7. The molecule has 0 aromatic carbocycles. The number of hydrogen-bond donors (Lipinski definition) is 3. The first kappa shape index (κ1) is 74.9. The van der Waals surface area contributed by atoms with E-state index < -0.39 is 67.3 Å². The number of aliphatic hydroxyl groups is 2. The van der Waals surface area contributed by atoms with E-state index in [2.05, 4.69) is 93.7 Å². The van der Waals surface area contributed by atoms with E-state index in [1.165, 1.54) is 122 Å². The summed E-state index contributed by atoms with van der Waals surface area (Å²) in [7, 11) is 0. The van der Waals surface area contributed by atoms with Crippen molar-refractivity contribution in [2.75, 3.05) is 13.2 Å². The largest absolute Gasteiger partial charge is 0.479 e. The molecule has 12 nitrogen and oxygen atoms in total. The number of carboxylic acid groups (broad SMARTS) is 1. The van der Waals surface area contributed by atoms with Crippen LogP contribution in [0.25, 0.3) is 0 Å². The maximum absolute atomic E-state index is 13.2. The third-order valence-corrected chi connectivity index (χ3v) is 14.4. The fourth-order valence-corrected chi connectivity index (χ4v) is 9.45. The van der Waals surface area contributed by atoms with Gasteiger partial charge in [-0.15, -0.1) is 0 Å². The minimum absolute atomic E-state index is 0.0207. The molecule has 1 heterocycles. The van der Waals surface area contributed by atoms with E-state index in [0.29, 0.717) is 25.7 Å². The van der Waals surface area contributed by atoms with Crippen LogP contribution >= 0.6 is 0 Å². The lowest BCUT2D eigenvalue weighted by Crippen LogP contribution is -2.61. The third kappa shape index (κ3) is 46.0. The van der Waals surface area contributed by atoms with Crippen molar-refractivity contribution in [2.24, 2.45) is 0 Å². The van der Waals surface area contributed by atoms with Crippen molar-refractivity contribution in [2.45, 2.75) is 314 Å². The molecule has 1 aliphatic rings. The molecule has 1 rings (SSSR count). The maximum atomic E-state index is 13.2. The molecular weight excluding hydrogens is 1020 g/mol. The van der Waals surface area contributed by atoms with Crippen molar-refractivity contribution >= 4 is 23.9 Å². The predicted molar refractivity (Wildman–Crippen MR) is 331 cm³/mol. The molecule has 0 amide bonds. The van der Waals surface area contributed by atoms with Gasteiger partial charge in [-0.25, -0.2) is 4.79 Å². The van der Waals surface area contributed by atoms with Gasteiger partial charge in [-0.2, -0.15) is 0 Å². The zero-order valence-electron chi connectivity index (χ0n) is 51.3. The molecule has 0 radical (unpaired) electrons. The molecule has 0 bridgehead atoms. The Morgan fingerprint density at radius 3 is 1.23 bits per heavy atom. The van der Waals surface area contributed by atoms with Gasteiger partial charge in [-0.3, -0.25) is 14.4 Å². The summed E-state index contributed by atoms with van der Waals surface area (Å²) in [6.45, 7) is 5.87. The molecule has 3 N–H and O–H groups in total. The van der Waals surface area contributed by atoms with Crippen molar-refractivity contribution in [3.8, 4) is 0 Å². The molecule has 6 unspecified atom stereocenters. The SMILES string of the molecule is CC/C=C\C/C=C\C/C=C\C/C=C\C/C=C\CCCC(=O)OC1C(OCC(COC(=O)CCCCCCCCC/C=C\CCCCCCCC)OC(=O)CCCCCCCCC/C=C\CCCCCCCC)OC(C(=O)O)C(O)C1O. The summed E-state index contributed by atoms with van der Waals surface area (Å²) in [4.78, 5) is 51.3. The van der Waals surface area contributed by atoms with Gasteiger partial charge in [0.15, 0.2) is 24.6 Å². The molecule has 0 aromatic heterocycles. The van der Waals surface area contributed by atoms with Gasteiger partial charge >= 0.3 is 23.9 Å². The highest BCUT2D eigenvalue weighted by Crippen LogP contribution is 2.26. The molecule has 464 valence electrons. The second-order valence-electron chi connectivity index (χ2n) is 22.0. The first-order chi connectivity index (χ1) is 39.6. The average molecular weight is 1140 g/mol. The summed E-state index contributed by atoms with van der Waals surface area (Å²) < 4.78 is 28.5. The van der Waals surface area contributed by atoms with Gasteiger partial charge in [-0.05, 0) is 109 Å². The number of unbranched alkanes of at least 4 members (excludes halogenated alkanes) is 27. The number of esters is 3. The van der Waals surface area contributed by atoms with E-state index in [-0.39, 0.29) is 25.9 Å². The smallest absolute Gasteiger partial charge is 0.335 e. The summed E-state index contributed by atoms with van der Waals surface area (Å²) in [5.74, 6) is -3.20. The Morgan fingerprint density at radius 2 is 0.790 bits per heavy atom. The Hall–Kier alpha value is -4.10. The quantitative estimate of drug-likeness (QED) is 0.0228. The van der Waals surface area contributed by atoms with Crippen LogP contribution in [0.15, 0.2) is 85.1 Å². The van der Waals surface area contributed by atoms with Crippen LogP contribution in [0, 0.1) is 0 Å².